The van der Waals surface area contributed by atoms with E-state index in [0.717, 1.165) is 12.0 Å². The van der Waals surface area contributed by atoms with Gasteiger partial charge in [-0.15, -0.1) is 0 Å². The molecule has 0 atom stereocenters. The maximum absolute atomic E-state index is 13.8. The Labute approximate surface area is 127 Å². The zero-order valence-electron chi connectivity index (χ0n) is 11.3. The minimum absolute atomic E-state index is 0.00912. The van der Waals surface area contributed by atoms with Crippen LogP contribution >= 0.6 is 11.6 Å². The molecule has 2 aromatic rings. The van der Waals surface area contributed by atoms with Gasteiger partial charge in [0.1, 0.15) is 5.82 Å². The molecule has 0 unspecified atom stereocenters. The fourth-order valence-electron chi connectivity index (χ4n) is 2.58. The van der Waals surface area contributed by atoms with Crippen molar-refractivity contribution < 1.29 is 9.18 Å². The Hall–Kier alpha value is -2.07. The molecule has 3 rings (SSSR count). The van der Waals surface area contributed by atoms with Crippen LogP contribution in [0, 0.1) is 5.82 Å². The SMILES string of the molecule is Nc1ccc2c(c1)CN(C(=O)c1cc(Cl)ccc1F)CC2. The lowest BCUT2D eigenvalue weighted by molar-refractivity contribution is 0.0730. The van der Waals surface area contributed by atoms with Gasteiger partial charge in [0, 0.05) is 23.8 Å². The van der Waals surface area contributed by atoms with Crippen molar-refractivity contribution in [3.63, 3.8) is 0 Å². The second-order valence-corrected chi connectivity index (χ2v) is 5.57. The largest absolute Gasteiger partial charge is 0.399 e. The number of hydrogen-bond donors (Lipinski definition) is 1. The normalized spacial score (nSPS) is 13.9. The number of hydrogen-bond acceptors (Lipinski definition) is 2. The highest BCUT2D eigenvalue weighted by molar-refractivity contribution is 6.31. The topological polar surface area (TPSA) is 46.3 Å². The van der Waals surface area contributed by atoms with Gasteiger partial charge in [0.2, 0.25) is 0 Å². The lowest BCUT2D eigenvalue weighted by Crippen LogP contribution is -2.36. The monoisotopic (exact) mass is 304 g/mol. The first kappa shape index (κ1) is 13.9. The first-order chi connectivity index (χ1) is 10.0. The molecule has 1 amide bonds. The molecule has 0 saturated carbocycles. The Morgan fingerprint density at radius 3 is 2.81 bits per heavy atom. The third kappa shape index (κ3) is 2.72. The van der Waals surface area contributed by atoms with Gasteiger partial charge < -0.3 is 10.6 Å². The number of halogens is 2. The molecule has 0 saturated heterocycles. The van der Waals surface area contributed by atoms with Gasteiger partial charge in [-0.25, -0.2) is 4.39 Å². The molecular weight excluding hydrogens is 291 g/mol. The number of nitrogens with zero attached hydrogens (tertiary/aromatic N) is 1. The van der Waals surface area contributed by atoms with Gasteiger partial charge in [-0.05, 0) is 47.9 Å². The van der Waals surface area contributed by atoms with E-state index < -0.39 is 5.82 Å². The van der Waals surface area contributed by atoms with E-state index in [4.69, 9.17) is 17.3 Å². The number of amides is 1. The molecule has 0 spiro atoms. The van der Waals surface area contributed by atoms with Crippen LogP contribution in [-0.2, 0) is 13.0 Å². The molecule has 2 aromatic carbocycles. The van der Waals surface area contributed by atoms with Crippen LogP contribution in [0.15, 0.2) is 36.4 Å². The van der Waals surface area contributed by atoms with E-state index >= 15 is 0 Å². The lowest BCUT2D eigenvalue weighted by atomic mass is 9.98. The number of rotatable bonds is 1. The number of nitrogen functional groups attached to an aromatic ring is 1. The molecule has 1 heterocycles. The Morgan fingerprint density at radius 1 is 1.19 bits per heavy atom. The van der Waals surface area contributed by atoms with Crippen molar-refractivity contribution in [3.8, 4) is 0 Å². The van der Waals surface area contributed by atoms with Crippen molar-refractivity contribution in [2.24, 2.45) is 0 Å². The number of benzene rings is 2. The summed E-state index contributed by atoms with van der Waals surface area (Å²) < 4.78 is 13.8. The summed E-state index contributed by atoms with van der Waals surface area (Å²) in [6, 6.07) is 9.71. The van der Waals surface area contributed by atoms with Crippen LogP contribution in [0.1, 0.15) is 21.5 Å². The van der Waals surface area contributed by atoms with E-state index in [1.54, 1.807) is 4.90 Å². The molecular formula is C16H14ClFN2O. The Kier molecular flexibility index (Phi) is 3.55. The van der Waals surface area contributed by atoms with Gasteiger partial charge in [-0.2, -0.15) is 0 Å². The zero-order valence-corrected chi connectivity index (χ0v) is 12.0. The first-order valence-electron chi connectivity index (χ1n) is 6.66. The molecule has 108 valence electrons. The van der Waals surface area contributed by atoms with E-state index in [1.807, 2.05) is 18.2 Å². The number of anilines is 1. The summed E-state index contributed by atoms with van der Waals surface area (Å²) in [5.41, 5.74) is 8.64. The Morgan fingerprint density at radius 2 is 2.00 bits per heavy atom. The quantitative estimate of drug-likeness (QED) is 0.822. The minimum atomic E-state index is -0.553. The summed E-state index contributed by atoms with van der Waals surface area (Å²) in [5.74, 6) is -0.897. The van der Waals surface area contributed by atoms with Crippen molar-refractivity contribution in [3.05, 3.63) is 63.9 Å². The van der Waals surface area contributed by atoms with Crippen molar-refractivity contribution in [2.45, 2.75) is 13.0 Å². The molecule has 0 radical (unpaired) electrons. The molecule has 1 aliphatic rings. The van der Waals surface area contributed by atoms with Gasteiger partial charge in [-0.3, -0.25) is 4.79 Å². The van der Waals surface area contributed by atoms with Crippen LogP contribution in [-0.4, -0.2) is 17.4 Å². The summed E-state index contributed by atoms with van der Waals surface area (Å²) in [5, 5.41) is 0.349. The highest BCUT2D eigenvalue weighted by atomic mass is 35.5. The number of fused-ring (bicyclic) bond motifs is 1. The predicted octanol–water partition coefficient (Wildman–Crippen LogP) is 3.26. The zero-order chi connectivity index (χ0) is 15.0. The van der Waals surface area contributed by atoms with E-state index in [1.165, 1.54) is 23.8 Å². The van der Waals surface area contributed by atoms with Crippen molar-refractivity contribution in [1.82, 2.24) is 4.90 Å². The van der Waals surface area contributed by atoms with Crippen molar-refractivity contribution >= 4 is 23.2 Å². The maximum atomic E-state index is 13.8. The summed E-state index contributed by atoms with van der Waals surface area (Å²) in [4.78, 5) is 14.1. The van der Waals surface area contributed by atoms with Crippen LogP contribution in [0.25, 0.3) is 0 Å². The van der Waals surface area contributed by atoms with Gasteiger partial charge in [-0.1, -0.05) is 17.7 Å². The molecule has 1 aliphatic heterocycles. The van der Waals surface area contributed by atoms with Crippen LogP contribution in [0.4, 0.5) is 10.1 Å². The van der Waals surface area contributed by atoms with Crippen LogP contribution < -0.4 is 5.73 Å². The van der Waals surface area contributed by atoms with Crippen molar-refractivity contribution in [1.29, 1.82) is 0 Å². The van der Waals surface area contributed by atoms with E-state index in [0.29, 0.717) is 23.8 Å². The fourth-order valence-corrected chi connectivity index (χ4v) is 2.75. The third-order valence-electron chi connectivity index (χ3n) is 3.69. The van der Waals surface area contributed by atoms with Crippen LogP contribution in [0.3, 0.4) is 0 Å². The molecule has 0 bridgehead atoms. The standard InChI is InChI=1S/C16H14ClFN2O/c17-12-2-4-15(18)14(8-12)16(21)20-6-5-10-1-3-13(19)7-11(10)9-20/h1-4,7-8H,5-6,9,19H2. The van der Waals surface area contributed by atoms with Crippen molar-refractivity contribution in [2.75, 3.05) is 12.3 Å². The Bertz CT molecular complexity index is 717. The maximum Gasteiger partial charge on any atom is 0.257 e. The third-order valence-corrected chi connectivity index (χ3v) is 3.92. The average molecular weight is 305 g/mol. The summed E-state index contributed by atoms with van der Waals surface area (Å²) in [6.07, 6.45) is 0.740. The van der Waals surface area contributed by atoms with Gasteiger partial charge >= 0.3 is 0 Å². The average Bonchev–Trinajstić information content (AvgIpc) is 2.48. The van der Waals surface area contributed by atoms with E-state index in [9.17, 15) is 9.18 Å². The Balaban J connectivity index is 1.88. The predicted molar refractivity (Wildman–Crippen MR) is 80.7 cm³/mol. The lowest BCUT2D eigenvalue weighted by Gasteiger charge is -2.29. The number of nitrogens with two attached hydrogens (primary N) is 1. The van der Waals surface area contributed by atoms with Gasteiger partial charge in [0.25, 0.3) is 5.91 Å². The molecule has 2 N–H and O–H groups in total. The second kappa shape index (κ2) is 5.37. The van der Waals surface area contributed by atoms with E-state index in [-0.39, 0.29) is 11.5 Å². The first-order valence-corrected chi connectivity index (χ1v) is 7.04. The molecule has 5 heteroatoms. The number of carbonyl (C=O) groups is 1. The molecule has 0 fully saturated rings. The molecule has 0 aromatic heterocycles. The number of carbonyl (C=O) groups excluding carboxylic acids is 1. The molecule has 0 aliphatic carbocycles. The highest BCUT2D eigenvalue weighted by Crippen LogP contribution is 2.24. The molecule has 21 heavy (non-hydrogen) atoms. The van der Waals surface area contributed by atoms with Gasteiger partial charge in [0.05, 0.1) is 5.56 Å². The molecule has 3 nitrogen and oxygen atoms in total. The fraction of sp³-hybridized carbons (Fsp3) is 0.188. The summed E-state index contributed by atoms with van der Waals surface area (Å²) in [6.45, 7) is 0.993. The summed E-state index contributed by atoms with van der Waals surface area (Å²) >= 11 is 5.85. The van der Waals surface area contributed by atoms with Gasteiger partial charge in [0.15, 0.2) is 0 Å². The summed E-state index contributed by atoms with van der Waals surface area (Å²) in [7, 11) is 0. The minimum Gasteiger partial charge on any atom is -0.399 e. The van der Waals surface area contributed by atoms with E-state index in [2.05, 4.69) is 0 Å². The smallest absolute Gasteiger partial charge is 0.257 e. The highest BCUT2D eigenvalue weighted by Gasteiger charge is 2.24. The van der Waals surface area contributed by atoms with Crippen LogP contribution in [0.5, 0.6) is 0 Å². The second-order valence-electron chi connectivity index (χ2n) is 5.13. The van der Waals surface area contributed by atoms with Crippen LogP contribution in [0.2, 0.25) is 5.02 Å².